The number of aromatic amines is 1. The Kier molecular flexibility index (Phi) is 2.69. The maximum absolute atomic E-state index is 6.27. The van der Waals surface area contributed by atoms with Gasteiger partial charge in [-0.3, -0.25) is 0 Å². The van der Waals surface area contributed by atoms with Gasteiger partial charge in [0.1, 0.15) is 5.60 Å². The summed E-state index contributed by atoms with van der Waals surface area (Å²) in [6.45, 7) is 6.37. The summed E-state index contributed by atoms with van der Waals surface area (Å²) in [4.78, 5) is 3.73. The van der Waals surface area contributed by atoms with E-state index in [1.54, 1.807) is 0 Å². The monoisotopic (exact) mass is 270 g/mol. The number of aryl methyl sites for hydroxylation is 1. The molecule has 2 unspecified atom stereocenters. The van der Waals surface area contributed by atoms with E-state index in [4.69, 9.17) is 4.74 Å². The molecule has 0 radical (unpaired) electrons. The predicted molar refractivity (Wildman–Crippen MR) is 81.1 cm³/mol. The second-order valence-corrected chi connectivity index (χ2v) is 5.97. The fourth-order valence-corrected chi connectivity index (χ4v) is 3.85. The van der Waals surface area contributed by atoms with E-state index >= 15 is 0 Å². The Bertz CT molecular complexity index is 656. The lowest BCUT2D eigenvalue weighted by molar-refractivity contribution is -0.0665. The van der Waals surface area contributed by atoms with Crippen LogP contribution in [0, 0.1) is 0 Å². The molecule has 0 bridgehead atoms. The second kappa shape index (κ2) is 4.34. The van der Waals surface area contributed by atoms with Gasteiger partial charge in [-0.25, -0.2) is 0 Å². The first-order valence-corrected chi connectivity index (χ1v) is 7.80. The zero-order valence-corrected chi connectivity index (χ0v) is 12.3. The molecule has 2 aromatic rings. The summed E-state index contributed by atoms with van der Waals surface area (Å²) in [7, 11) is 0. The normalized spacial score (nSPS) is 28.6. The van der Waals surface area contributed by atoms with Gasteiger partial charge in [0, 0.05) is 17.4 Å². The number of aromatic nitrogens is 1. The smallest absolute Gasteiger partial charge is 0.124 e. The molecular formula is C17H22N2O. The quantitative estimate of drug-likeness (QED) is 0.842. The molecular weight excluding hydrogens is 248 g/mol. The molecule has 3 heteroatoms. The summed E-state index contributed by atoms with van der Waals surface area (Å²) in [5.41, 5.74) is 5.40. The Labute approximate surface area is 119 Å². The van der Waals surface area contributed by atoms with Crippen molar-refractivity contribution >= 4 is 10.9 Å². The molecule has 0 aliphatic carbocycles. The van der Waals surface area contributed by atoms with Crippen molar-refractivity contribution in [3.8, 4) is 0 Å². The Hall–Kier alpha value is -1.32. The average Bonchev–Trinajstić information content (AvgIpc) is 3.27. The first-order valence-electron chi connectivity index (χ1n) is 7.80. The fraction of sp³-hybridized carbons (Fsp3) is 0.529. The molecule has 2 atom stereocenters. The molecule has 0 saturated carbocycles. The van der Waals surface area contributed by atoms with Crippen molar-refractivity contribution in [1.29, 1.82) is 0 Å². The molecule has 0 amide bonds. The first kappa shape index (κ1) is 12.4. The van der Waals surface area contributed by atoms with E-state index in [1.807, 2.05) is 0 Å². The van der Waals surface area contributed by atoms with Gasteiger partial charge in [0.15, 0.2) is 0 Å². The highest BCUT2D eigenvalue weighted by Gasteiger charge is 2.50. The Morgan fingerprint density at radius 1 is 1.35 bits per heavy atom. The average molecular weight is 270 g/mol. The molecule has 1 aromatic heterocycles. The summed E-state index contributed by atoms with van der Waals surface area (Å²) < 4.78 is 6.27. The van der Waals surface area contributed by atoms with Crippen LogP contribution in [0.4, 0.5) is 0 Å². The van der Waals surface area contributed by atoms with Crippen molar-refractivity contribution in [2.75, 3.05) is 13.2 Å². The van der Waals surface area contributed by atoms with Crippen molar-refractivity contribution in [3.63, 3.8) is 0 Å². The molecule has 1 fully saturated rings. The number of fused-ring (bicyclic) bond motifs is 3. The number of benzene rings is 1. The highest BCUT2D eigenvalue weighted by atomic mass is 16.5. The van der Waals surface area contributed by atoms with Gasteiger partial charge >= 0.3 is 0 Å². The molecule has 2 N–H and O–H groups in total. The van der Waals surface area contributed by atoms with Gasteiger partial charge in [0.05, 0.1) is 18.3 Å². The van der Waals surface area contributed by atoms with Crippen molar-refractivity contribution in [1.82, 2.24) is 10.3 Å². The topological polar surface area (TPSA) is 47.0 Å². The van der Waals surface area contributed by atoms with E-state index in [1.165, 1.54) is 27.7 Å². The van der Waals surface area contributed by atoms with Crippen LogP contribution in [0.25, 0.3) is 10.9 Å². The van der Waals surface area contributed by atoms with Crippen LogP contribution in [0.3, 0.4) is 0 Å². The lowest BCUT2D eigenvalue weighted by atomic mass is 9.86. The summed E-state index contributed by atoms with van der Waals surface area (Å²) in [6.07, 6.45) is 3.11. The molecule has 2 aliphatic rings. The lowest BCUT2D eigenvalue weighted by Gasteiger charge is -2.36. The minimum atomic E-state index is -0.141. The number of para-hydroxylation sites is 1. The number of nitrogens with one attached hydrogen (secondary N) is 2. The van der Waals surface area contributed by atoms with Crippen molar-refractivity contribution < 1.29 is 4.74 Å². The third-order valence-electron chi connectivity index (χ3n) is 5.04. The summed E-state index contributed by atoms with van der Waals surface area (Å²) >= 11 is 0. The Morgan fingerprint density at radius 3 is 2.90 bits per heavy atom. The van der Waals surface area contributed by atoms with Gasteiger partial charge in [-0.2, -0.15) is 0 Å². The van der Waals surface area contributed by atoms with Crippen LogP contribution in [0.2, 0.25) is 0 Å². The minimum Gasteiger partial charge on any atom is -0.367 e. The highest BCUT2D eigenvalue weighted by molar-refractivity contribution is 5.88. The second-order valence-electron chi connectivity index (χ2n) is 5.97. The number of hydrogen-bond donors (Lipinski definition) is 2. The number of ether oxygens (including phenoxy) is 1. The van der Waals surface area contributed by atoms with Gasteiger partial charge < -0.3 is 15.0 Å². The minimum absolute atomic E-state index is 0.141. The van der Waals surface area contributed by atoms with E-state index in [0.29, 0.717) is 6.04 Å². The fourth-order valence-electron chi connectivity index (χ4n) is 3.85. The number of hydrogen-bond acceptors (Lipinski definition) is 2. The van der Waals surface area contributed by atoms with Crippen LogP contribution in [-0.2, 0) is 23.2 Å². The van der Waals surface area contributed by atoms with Crippen LogP contribution < -0.4 is 5.32 Å². The Morgan fingerprint density at radius 2 is 2.20 bits per heavy atom. The standard InChI is InChI=1S/C17H22N2O/c1-3-11-6-5-7-12-13-8-9-20-17(4-2,14-10-18-14)16(13)19-15(11)12/h5-7,14,18-19H,3-4,8-10H2,1-2H3. The van der Waals surface area contributed by atoms with Crippen molar-refractivity contribution in [2.45, 2.75) is 44.8 Å². The van der Waals surface area contributed by atoms with E-state index in [2.05, 4.69) is 42.3 Å². The third-order valence-corrected chi connectivity index (χ3v) is 5.04. The SMILES string of the molecule is CCc1cccc2c3c([nH]c12)C(CC)(C1CN1)OCC3. The van der Waals surface area contributed by atoms with E-state index < -0.39 is 0 Å². The number of rotatable bonds is 3. The molecule has 2 aliphatic heterocycles. The Balaban J connectivity index is 1.98. The van der Waals surface area contributed by atoms with E-state index in [0.717, 1.165) is 32.4 Å². The van der Waals surface area contributed by atoms with Gasteiger partial charge in [0.2, 0.25) is 0 Å². The highest BCUT2D eigenvalue weighted by Crippen LogP contribution is 2.44. The van der Waals surface area contributed by atoms with E-state index in [9.17, 15) is 0 Å². The predicted octanol–water partition coefficient (Wildman–Crippen LogP) is 2.88. The van der Waals surface area contributed by atoms with Crippen LogP contribution in [0.5, 0.6) is 0 Å². The molecule has 0 spiro atoms. The van der Waals surface area contributed by atoms with Crippen LogP contribution >= 0.6 is 0 Å². The summed E-state index contributed by atoms with van der Waals surface area (Å²) in [6, 6.07) is 7.15. The summed E-state index contributed by atoms with van der Waals surface area (Å²) in [5, 5.41) is 4.87. The number of H-pyrrole nitrogens is 1. The molecule has 4 rings (SSSR count). The molecule has 1 saturated heterocycles. The summed E-state index contributed by atoms with van der Waals surface area (Å²) in [5.74, 6) is 0. The maximum atomic E-state index is 6.27. The lowest BCUT2D eigenvalue weighted by Crippen LogP contribution is -2.41. The maximum Gasteiger partial charge on any atom is 0.124 e. The largest absolute Gasteiger partial charge is 0.367 e. The van der Waals surface area contributed by atoms with Crippen molar-refractivity contribution in [2.24, 2.45) is 0 Å². The first-order chi connectivity index (χ1) is 9.80. The zero-order chi connectivity index (χ0) is 13.7. The van der Waals surface area contributed by atoms with E-state index in [-0.39, 0.29) is 5.60 Å². The van der Waals surface area contributed by atoms with Gasteiger partial charge in [0.25, 0.3) is 0 Å². The third kappa shape index (κ3) is 1.54. The van der Waals surface area contributed by atoms with Gasteiger partial charge in [-0.1, -0.05) is 32.0 Å². The van der Waals surface area contributed by atoms with Gasteiger partial charge in [-0.15, -0.1) is 0 Å². The van der Waals surface area contributed by atoms with Crippen molar-refractivity contribution in [3.05, 3.63) is 35.0 Å². The molecule has 20 heavy (non-hydrogen) atoms. The zero-order valence-electron chi connectivity index (χ0n) is 12.3. The van der Waals surface area contributed by atoms with Crippen LogP contribution in [0.15, 0.2) is 18.2 Å². The molecule has 3 nitrogen and oxygen atoms in total. The van der Waals surface area contributed by atoms with Crippen LogP contribution in [0.1, 0.15) is 37.1 Å². The molecule has 3 heterocycles. The van der Waals surface area contributed by atoms with Gasteiger partial charge in [-0.05, 0) is 30.4 Å². The molecule has 106 valence electrons. The molecule has 1 aromatic carbocycles. The van der Waals surface area contributed by atoms with Crippen LogP contribution in [-0.4, -0.2) is 24.2 Å².